The van der Waals surface area contributed by atoms with Crippen molar-refractivity contribution in [2.45, 2.75) is 31.7 Å². The number of likely N-dealkylation sites (N-methyl/N-ethyl adjacent to an activating group) is 1. The van der Waals surface area contributed by atoms with Crippen molar-refractivity contribution in [1.29, 1.82) is 0 Å². The van der Waals surface area contributed by atoms with Crippen LogP contribution in [0.5, 0.6) is 0 Å². The molecule has 4 heteroatoms. The molecule has 0 aliphatic rings. The average Bonchev–Trinajstić information content (AvgIpc) is 2.31. The van der Waals surface area contributed by atoms with Crippen LogP contribution in [-0.4, -0.2) is 37.0 Å². The first-order valence-corrected chi connectivity index (χ1v) is 6.64. The van der Waals surface area contributed by atoms with E-state index in [1.54, 1.807) is 6.07 Å². The summed E-state index contributed by atoms with van der Waals surface area (Å²) in [5, 5.41) is 2.94. The van der Waals surface area contributed by atoms with E-state index in [0.717, 1.165) is 17.0 Å². The predicted molar refractivity (Wildman–Crippen MR) is 78.5 cm³/mol. The summed E-state index contributed by atoms with van der Waals surface area (Å²) in [6, 6.07) is 6.10. The van der Waals surface area contributed by atoms with Crippen molar-refractivity contribution < 1.29 is 4.79 Å². The lowest BCUT2D eigenvalue weighted by Gasteiger charge is -2.21. The summed E-state index contributed by atoms with van der Waals surface area (Å²) in [5.41, 5.74) is 1.68. The Morgan fingerprint density at radius 3 is 2.72 bits per heavy atom. The molecule has 0 aliphatic carbocycles. The third-order valence-corrected chi connectivity index (χ3v) is 3.38. The molecule has 0 spiro atoms. The van der Waals surface area contributed by atoms with Gasteiger partial charge in [0.2, 0.25) is 0 Å². The standard InChI is InChI=1S/C14H22N2OS/c1-10(2)16(4)8-7-15-14(17)13-9-12(18)6-5-11(13)3/h5-6,9-10,18H,7-8H2,1-4H3,(H,15,17). The van der Waals surface area contributed by atoms with Crippen molar-refractivity contribution in [2.75, 3.05) is 20.1 Å². The van der Waals surface area contributed by atoms with Gasteiger partial charge in [-0.25, -0.2) is 0 Å². The Kier molecular flexibility index (Phi) is 5.69. The summed E-state index contributed by atoms with van der Waals surface area (Å²) in [7, 11) is 2.05. The van der Waals surface area contributed by atoms with E-state index in [2.05, 4.69) is 43.7 Å². The van der Waals surface area contributed by atoms with E-state index in [9.17, 15) is 4.79 Å². The molecule has 0 aliphatic heterocycles. The van der Waals surface area contributed by atoms with Gasteiger partial charge in [-0.05, 0) is 45.5 Å². The highest BCUT2D eigenvalue weighted by atomic mass is 32.1. The molecular weight excluding hydrogens is 244 g/mol. The second-order valence-corrected chi connectivity index (χ2v) is 5.35. The highest BCUT2D eigenvalue weighted by molar-refractivity contribution is 7.80. The van der Waals surface area contributed by atoms with Crippen molar-refractivity contribution in [1.82, 2.24) is 10.2 Å². The molecule has 0 atom stereocenters. The molecule has 18 heavy (non-hydrogen) atoms. The topological polar surface area (TPSA) is 32.3 Å². The zero-order valence-electron chi connectivity index (χ0n) is 11.5. The molecule has 0 unspecified atom stereocenters. The minimum Gasteiger partial charge on any atom is -0.351 e. The second-order valence-electron chi connectivity index (χ2n) is 4.83. The Balaban J connectivity index is 2.53. The lowest BCUT2D eigenvalue weighted by molar-refractivity contribution is 0.0947. The molecule has 1 N–H and O–H groups in total. The molecule has 0 heterocycles. The van der Waals surface area contributed by atoms with Crippen LogP contribution in [0.25, 0.3) is 0 Å². The maximum absolute atomic E-state index is 12.0. The summed E-state index contributed by atoms with van der Waals surface area (Å²) in [4.78, 5) is 15.0. The fourth-order valence-corrected chi connectivity index (χ4v) is 1.76. The summed E-state index contributed by atoms with van der Waals surface area (Å²) in [6.45, 7) is 7.71. The van der Waals surface area contributed by atoms with Crippen LogP contribution in [-0.2, 0) is 0 Å². The maximum atomic E-state index is 12.0. The van der Waals surface area contributed by atoms with Gasteiger partial charge in [0.25, 0.3) is 5.91 Å². The molecule has 3 nitrogen and oxygen atoms in total. The van der Waals surface area contributed by atoms with Crippen LogP contribution in [0.1, 0.15) is 29.8 Å². The van der Waals surface area contributed by atoms with Crippen LogP contribution in [0.4, 0.5) is 0 Å². The molecule has 1 amide bonds. The molecule has 0 fully saturated rings. The fourth-order valence-electron chi connectivity index (χ4n) is 1.55. The number of hydrogen-bond acceptors (Lipinski definition) is 3. The van der Waals surface area contributed by atoms with E-state index in [-0.39, 0.29) is 5.91 Å². The fraction of sp³-hybridized carbons (Fsp3) is 0.500. The number of thiol groups is 1. The van der Waals surface area contributed by atoms with Crippen LogP contribution in [0.15, 0.2) is 23.1 Å². The minimum atomic E-state index is -0.0273. The first kappa shape index (κ1) is 15.1. The number of hydrogen-bond donors (Lipinski definition) is 2. The number of amides is 1. The maximum Gasteiger partial charge on any atom is 0.251 e. The average molecular weight is 266 g/mol. The van der Waals surface area contributed by atoms with Crippen molar-refractivity contribution in [3.63, 3.8) is 0 Å². The number of carbonyl (C=O) groups is 1. The number of rotatable bonds is 5. The summed E-state index contributed by atoms with van der Waals surface area (Å²) in [6.07, 6.45) is 0. The lowest BCUT2D eigenvalue weighted by atomic mass is 10.1. The van der Waals surface area contributed by atoms with Crippen LogP contribution < -0.4 is 5.32 Å². The molecule has 100 valence electrons. The van der Waals surface area contributed by atoms with Gasteiger partial charge in [0.05, 0.1) is 0 Å². The van der Waals surface area contributed by atoms with Gasteiger partial charge in [0.15, 0.2) is 0 Å². The third kappa shape index (κ3) is 4.35. The van der Waals surface area contributed by atoms with Gasteiger partial charge in [-0.1, -0.05) is 6.07 Å². The zero-order chi connectivity index (χ0) is 13.7. The summed E-state index contributed by atoms with van der Waals surface area (Å²) < 4.78 is 0. The van der Waals surface area contributed by atoms with E-state index in [1.807, 2.05) is 19.1 Å². The van der Waals surface area contributed by atoms with Crippen LogP contribution >= 0.6 is 12.6 Å². The SMILES string of the molecule is Cc1ccc(S)cc1C(=O)NCCN(C)C(C)C. The Labute approximate surface area is 115 Å². The summed E-state index contributed by atoms with van der Waals surface area (Å²) in [5.74, 6) is -0.0273. The van der Waals surface area contributed by atoms with Gasteiger partial charge in [0, 0.05) is 29.6 Å². The van der Waals surface area contributed by atoms with Crippen molar-refractivity contribution in [3.8, 4) is 0 Å². The first-order chi connectivity index (χ1) is 8.41. The van der Waals surface area contributed by atoms with Crippen LogP contribution in [0.3, 0.4) is 0 Å². The Bertz CT molecular complexity index is 418. The molecule has 0 bridgehead atoms. The van der Waals surface area contributed by atoms with Gasteiger partial charge in [-0.3, -0.25) is 4.79 Å². The van der Waals surface area contributed by atoms with Gasteiger partial charge < -0.3 is 10.2 Å². The molecule has 1 rings (SSSR count). The molecule has 0 saturated carbocycles. The van der Waals surface area contributed by atoms with Crippen LogP contribution in [0.2, 0.25) is 0 Å². The van der Waals surface area contributed by atoms with E-state index >= 15 is 0 Å². The second kappa shape index (κ2) is 6.81. The molecule has 0 radical (unpaired) electrons. The zero-order valence-corrected chi connectivity index (χ0v) is 12.4. The van der Waals surface area contributed by atoms with Crippen LogP contribution in [0, 0.1) is 6.92 Å². The van der Waals surface area contributed by atoms with E-state index in [0.29, 0.717) is 18.2 Å². The molecule has 1 aromatic carbocycles. The number of aryl methyl sites for hydroxylation is 1. The quantitative estimate of drug-likeness (QED) is 0.802. The lowest BCUT2D eigenvalue weighted by Crippen LogP contribution is -2.36. The number of benzene rings is 1. The number of nitrogens with one attached hydrogen (secondary N) is 1. The number of nitrogens with zero attached hydrogens (tertiary/aromatic N) is 1. The summed E-state index contributed by atoms with van der Waals surface area (Å²) >= 11 is 4.26. The normalized spacial score (nSPS) is 11.1. The molecule has 0 saturated heterocycles. The Morgan fingerprint density at radius 2 is 2.11 bits per heavy atom. The first-order valence-electron chi connectivity index (χ1n) is 6.20. The smallest absolute Gasteiger partial charge is 0.251 e. The predicted octanol–water partition coefficient (Wildman–Crippen LogP) is 2.35. The van der Waals surface area contributed by atoms with Gasteiger partial charge in [0.1, 0.15) is 0 Å². The Morgan fingerprint density at radius 1 is 1.44 bits per heavy atom. The van der Waals surface area contributed by atoms with Gasteiger partial charge in [-0.2, -0.15) is 0 Å². The minimum absolute atomic E-state index is 0.0273. The highest BCUT2D eigenvalue weighted by Gasteiger charge is 2.09. The van der Waals surface area contributed by atoms with Gasteiger partial charge >= 0.3 is 0 Å². The van der Waals surface area contributed by atoms with E-state index in [1.165, 1.54) is 0 Å². The Hall–Kier alpha value is -1.00. The number of carbonyl (C=O) groups excluding carboxylic acids is 1. The molecule has 0 aromatic heterocycles. The van der Waals surface area contributed by atoms with Crippen molar-refractivity contribution in [2.24, 2.45) is 0 Å². The largest absolute Gasteiger partial charge is 0.351 e. The third-order valence-electron chi connectivity index (χ3n) is 3.10. The van der Waals surface area contributed by atoms with Gasteiger partial charge in [-0.15, -0.1) is 12.6 Å². The highest BCUT2D eigenvalue weighted by Crippen LogP contribution is 2.13. The van der Waals surface area contributed by atoms with Crippen molar-refractivity contribution in [3.05, 3.63) is 29.3 Å². The van der Waals surface area contributed by atoms with E-state index < -0.39 is 0 Å². The molecule has 1 aromatic rings. The molecular formula is C14H22N2OS. The van der Waals surface area contributed by atoms with Crippen molar-refractivity contribution >= 4 is 18.5 Å². The monoisotopic (exact) mass is 266 g/mol. The van der Waals surface area contributed by atoms with E-state index in [4.69, 9.17) is 0 Å².